The van der Waals surface area contributed by atoms with E-state index in [2.05, 4.69) is 15.3 Å². The average Bonchev–Trinajstić information content (AvgIpc) is 3.15. The molecule has 0 radical (unpaired) electrons. The first-order chi connectivity index (χ1) is 10.3. The van der Waals surface area contributed by atoms with Gasteiger partial charge in [0.05, 0.1) is 6.26 Å². The summed E-state index contributed by atoms with van der Waals surface area (Å²) in [5.74, 6) is 2.20. The Labute approximate surface area is 128 Å². The van der Waals surface area contributed by atoms with E-state index in [9.17, 15) is 0 Å². The molecule has 6 heteroatoms. The van der Waals surface area contributed by atoms with E-state index in [-0.39, 0.29) is 0 Å². The first-order valence-electron chi connectivity index (χ1n) is 7.26. The van der Waals surface area contributed by atoms with Crippen molar-refractivity contribution in [2.45, 2.75) is 38.0 Å². The van der Waals surface area contributed by atoms with Crippen LogP contribution in [-0.2, 0) is 0 Å². The van der Waals surface area contributed by atoms with Crippen molar-refractivity contribution in [2.24, 2.45) is 5.10 Å². The molecule has 0 saturated heterocycles. The maximum Gasteiger partial charge on any atom is 0.216 e. The summed E-state index contributed by atoms with van der Waals surface area (Å²) in [6, 6.07) is 3.74. The molecule has 0 amide bonds. The maximum atomic E-state index is 5.26. The van der Waals surface area contributed by atoms with Crippen LogP contribution in [0, 0.1) is 4.77 Å². The highest BCUT2D eigenvalue weighted by Gasteiger charge is 2.21. The normalized spacial score (nSPS) is 17.1. The number of allylic oxidation sites excluding steroid dienone is 1. The molecule has 2 aromatic rings. The maximum absolute atomic E-state index is 5.26. The zero-order chi connectivity index (χ0) is 14.5. The highest BCUT2D eigenvalue weighted by Crippen LogP contribution is 2.31. The molecular formula is C15H18N4OS. The van der Waals surface area contributed by atoms with Gasteiger partial charge in [0.2, 0.25) is 4.77 Å². The molecule has 1 aliphatic rings. The van der Waals surface area contributed by atoms with E-state index in [4.69, 9.17) is 16.6 Å². The van der Waals surface area contributed by atoms with Gasteiger partial charge in [-0.15, -0.1) is 0 Å². The summed E-state index contributed by atoms with van der Waals surface area (Å²) < 4.78 is 7.49. The zero-order valence-electron chi connectivity index (χ0n) is 11.7. The van der Waals surface area contributed by atoms with E-state index < -0.39 is 0 Å². The summed E-state index contributed by atoms with van der Waals surface area (Å²) in [6.07, 6.45) is 13.2. The van der Waals surface area contributed by atoms with Crippen molar-refractivity contribution in [3.05, 3.63) is 40.8 Å². The second-order valence-corrected chi connectivity index (χ2v) is 5.56. The molecule has 5 nitrogen and oxygen atoms in total. The highest BCUT2D eigenvalue weighted by atomic mass is 32.1. The molecule has 2 aromatic heterocycles. The van der Waals surface area contributed by atoms with Gasteiger partial charge in [-0.3, -0.25) is 5.10 Å². The van der Waals surface area contributed by atoms with Crippen molar-refractivity contribution in [2.75, 3.05) is 0 Å². The van der Waals surface area contributed by atoms with Gasteiger partial charge in [-0.2, -0.15) is 14.9 Å². The van der Waals surface area contributed by atoms with Crippen LogP contribution in [0.25, 0.3) is 6.08 Å². The van der Waals surface area contributed by atoms with Gasteiger partial charge in [0.1, 0.15) is 5.76 Å². The lowest BCUT2D eigenvalue weighted by atomic mass is 9.89. The number of hydrogen-bond donors (Lipinski definition) is 1. The molecule has 21 heavy (non-hydrogen) atoms. The third-order valence-corrected chi connectivity index (χ3v) is 3.98. The van der Waals surface area contributed by atoms with Crippen molar-refractivity contribution in [3.8, 4) is 0 Å². The van der Waals surface area contributed by atoms with Gasteiger partial charge in [-0.05, 0) is 49.3 Å². The SMILES string of the molecule is S=c1[nH]nc(C2CCCCC2)n1N=C/C=C/c1ccco1. The largest absolute Gasteiger partial charge is 0.465 e. The summed E-state index contributed by atoms with van der Waals surface area (Å²) >= 11 is 5.26. The molecule has 2 heterocycles. The van der Waals surface area contributed by atoms with Crippen LogP contribution in [0.5, 0.6) is 0 Å². The third-order valence-electron chi connectivity index (χ3n) is 3.72. The van der Waals surface area contributed by atoms with Gasteiger partial charge < -0.3 is 4.42 Å². The average molecular weight is 302 g/mol. The van der Waals surface area contributed by atoms with E-state index in [0.717, 1.165) is 24.4 Å². The smallest absolute Gasteiger partial charge is 0.216 e. The van der Waals surface area contributed by atoms with Crippen LogP contribution < -0.4 is 0 Å². The molecule has 0 unspecified atom stereocenters. The number of H-pyrrole nitrogens is 1. The topological polar surface area (TPSA) is 59.1 Å². The predicted molar refractivity (Wildman–Crippen MR) is 84.9 cm³/mol. The van der Waals surface area contributed by atoms with Crippen LogP contribution in [0.4, 0.5) is 0 Å². The second kappa shape index (κ2) is 6.67. The number of furan rings is 1. The Morgan fingerprint density at radius 2 is 2.24 bits per heavy atom. The van der Waals surface area contributed by atoms with Crippen LogP contribution in [0.2, 0.25) is 0 Å². The van der Waals surface area contributed by atoms with Crippen LogP contribution >= 0.6 is 12.2 Å². The number of nitrogens with zero attached hydrogens (tertiary/aromatic N) is 3. The molecule has 3 rings (SSSR count). The van der Waals surface area contributed by atoms with Crippen LogP contribution in [-0.4, -0.2) is 21.1 Å². The molecule has 1 saturated carbocycles. The number of nitrogens with one attached hydrogen (secondary N) is 1. The Morgan fingerprint density at radius 1 is 1.38 bits per heavy atom. The van der Waals surface area contributed by atoms with E-state index in [1.165, 1.54) is 19.3 Å². The zero-order valence-corrected chi connectivity index (χ0v) is 12.6. The lowest BCUT2D eigenvalue weighted by molar-refractivity contribution is 0.419. The Balaban J connectivity index is 1.75. The van der Waals surface area contributed by atoms with Crippen LogP contribution in [0.1, 0.15) is 49.6 Å². The molecule has 0 bridgehead atoms. The quantitative estimate of drug-likeness (QED) is 0.682. The first kappa shape index (κ1) is 14.0. The summed E-state index contributed by atoms with van der Waals surface area (Å²) in [7, 11) is 0. The fraction of sp³-hybridized carbons (Fsp3) is 0.400. The lowest BCUT2D eigenvalue weighted by Crippen LogP contribution is -2.10. The molecule has 0 aliphatic heterocycles. The number of aromatic nitrogens is 3. The monoisotopic (exact) mass is 302 g/mol. The number of aromatic amines is 1. The Kier molecular flexibility index (Phi) is 4.45. The van der Waals surface area contributed by atoms with E-state index in [1.807, 2.05) is 24.3 Å². The van der Waals surface area contributed by atoms with Crippen LogP contribution in [0.15, 0.2) is 34.0 Å². The van der Waals surface area contributed by atoms with Crippen LogP contribution in [0.3, 0.4) is 0 Å². The summed E-state index contributed by atoms with van der Waals surface area (Å²) in [5.41, 5.74) is 0. The fourth-order valence-electron chi connectivity index (χ4n) is 2.67. The van der Waals surface area contributed by atoms with Crippen molar-refractivity contribution in [1.29, 1.82) is 0 Å². The highest BCUT2D eigenvalue weighted by molar-refractivity contribution is 7.71. The van der Waals surface area contributed by atoms with Crippen molar-refractivity contribution in [3.63, 3.8) is 0 Å². The predicted octanol–water partition coefficient (Wildman–Crippen LogP) is 4.13. The Bertz CT molecular complexity index is 675. The number of rotatable bonds is 4. The van der Waals surface area contributed by atoms with Gasteiger partial charge >= 0.3 is 0 Å². The summed E-state index contributed by atoms with van der Waals surface area (Å²) in [6.45, 7) is 0. The molecule has 0 aromatic carbocycles. The minimum absolute atomic E-state index is 0.456. The van der Waals surface area contributed by atoms with E-state index >= 15 is 0 Å². The van der Waals surface area contributed by atoms with Gasteiger partial charge in [0.15, 0.2) is 5.82 Å². The molecule has 1 fully saturated rings. The summed E-state index contributed by atoms with van der Waals surface area (Å²) in [5, 5.41) is 11.6. The first-order valence-corrected chi connectivity index (χ1v) is 7.67. The molecule has 0 atom stereocenters. The molecule has 0 spiro atoms. The standard InChI is InChI=1S/C15H18N4OS/c21-15-18-17-14(12-6-2-1-3-7-12)19(15)16-10-4-8-13-9-5-11-20-13/h4-5,8-12H,1-3,6-7H2,(H,18,21)/b8-4+,16-10?. The van der Waals surface area contributed by atoms with Crippen molar-refractivity contribution in [1.82, 2.24) is 14.9 Å². The van der Waals surface area contributed by atoms with Gasteiger partial charge in [-0.1, -0.05) is 19.3 Å². The molecule has 110 valence electrons. The Morgan fingerprint density at radius 3 is 3.00 bits per heavy atom. The minimum Gasteiger partial charge on any atom is -0.465 e. The second-order valence-electron chi connectivity index (χ2n) is 5.17. The van der Waals surface area contributed by atoms with Crippen molar-refractivity contribution >= 4 is 24.5 Å². The molecular weight excluding hydrogens is 284 g/mol. The van der Waals surface area contributed by atoms with Crippen molar-refractivity contribution < 1.29 is 4.42 Å². The van der Waals surface area contributed by atoms with Gasteiger partial charge in [-0.25, -0.2) is 0 Å². The van der Waals surface area contributed by atoms with Gasteiger partial charge in [0.25, 0.3) is 0 Å². The third kappa shape index (κ3) is 3.39. The van der Waals surface area contributed by atoms with E-state index in [1.54, 1.807) is 17.2 Å². The lowest BCUT2D eigenvalue weighted by Gasteiger charge is -2.19. The summed E-state index contributed by atoms with van der Waals surface area (Å²) in [4.78, 5) is 0. The molecule has 1 aliphatic carbocycles. The Hall–Kier alpha value is -1.95. The number of hydrogen-bond acceptors (Lipinski definition) is 4. The van der Waals surface area contributed by atoms with Gasteiger partial charge in [0, 0.05) is 12.1 Å². The van der Waals surface area contributed by atoms with E-state index in [0.29, 0.717) is 10.7 Å². The fourth-order valence-corrected chi connectivity index (χ4v) is 2.86. The molecule has 1 N–H and O–H groups in total. The minimum atomic E-state index is 0.456.